The summed E-state index contributed by atoms with van der Waals surface area (Å²) in [4.78, 5) is 16.5. The van der Waals surface area contributed by atoms with Crippen LogP contribution in [0.1, 0.15) is 12.8 Å². The molecule has 1 aromatic heterocycles. The van der Waals surface area contributed by atoms with Crippen LogP contribution in [0.3, 0.4) is 0 Å². The first-order valence-corrected chi connectivity index (χ1v) is 10.5. The molecule has 4 nitrogen and oxygen atoms in total. The summed E-state index contributed by atoms with van der Waals surface area (Å²) in [6, 6.07) is 12.9. The first-order valence-electron chi connectivity index (χ1n) is 8.10. The van der Waals surface area contributed by atoms with Crippen LogP contribution in [0.15, 0.2) is 52.3 Å². The third-order valence-corrected chi connectivity index (χ3v) is 5.41. The van der Waals surface area contributed by atoms with Crippen molar-refractivity contribution in [2.75, 3.05) is 11.9 Å². The fourth-order valence-electron chi connectivity index (χ4n) is 2.27. The third kappa shape index (κ3) is 5.94. The highest BCUT2D eigenvalue weighted by atomic mass is 79.9. The molecule has 0 spiro atoms. The van der Waals surface area contributed by atoms with Gasteiger partial charge < -0.3 is 10.1 Å². The van der Waals surface area contributed by atoms with E-state index in [9.17, 15) is 4.79 Å². The standard InChI is InChI=1S/C19H15BrCl2N2O2S/c20-13-5-3-12(4-6-13)16-11-27-19(23-16)24-18(25)2-1-9-26-17-8-7-14(21)10-15(17)22/h3-8,10-11H,1-2,9H2,(H,23,24,25). The summed E-state index contributed by atoms with van der Waals surface area (Å²) >= 11 is 16.7. The Labute approximate surface area is 179 Å². The van der Waals surface area contributed by atoms with Crippen LogP contribution < -0.4 is 10.1 Å². The molecule has 140 valence electrons. The Balaban J connectivity index is 1.45. The summed E-state index contributed by atoms with van der Waals surface area (Å²) in [7, 11) is 0. The molecule has 0 radical (unpaired) electrons. The topological polar surface area (TPSA) is 51.2 Å². The lowest BCUT2D eigenvalue weighted by molar-refractivity contribution is -0.116. The van der Waals surface area contributed by atoms with Crippen LogP contribution in [0, 0.1) is 0 Å². The van der Waals surface area contributed by atoms with E-state index in [2.05, 4.69) is 26.2 Å². The molecule has 0 fully saturated rings. The second-order valence-electron chi connectivity index (χ2n) is 5.62. The Bertz CT molecular complexity index is 932. The number of hydrogen-bond acceptors (Lipinski definition) is 4. The third-order valence-electron chi connectivity index (χ3n) is 3.59. The first kappa shape index (κ1) is 20.1. The average molecular weight is 486 g/mol. The second kappa shape index (κ2) is 9.55. The summed E-state index contributed by atoms with van der Waals surface area (Å²) in [5, 5.41) is 6.33. The molecule has 0 aliphatic heterocycles. The number of ether oxygens (including phenoxy) is 1. The van der Waals surface area contributed by atoms with Gasteiger partial charge in [-0.1, -0.05) is 51.3 Å². The van der Waals surface area contributed by atoms with Gasteiger partial charge in [0.05, 0.1) is 17.3 Å². The van der Waals surface area contributed by atoms with Gasteiger partial charge in [0.15, 0.2) is 5.13 Å². The van der Waals surface area contributed by atoms with E-state index in [0.29, 0.717) is 40.4 Å². The molecule has 0 aliphatic rings. The van der Waals surface area contributed by atoms with Gasteiger partial charge in [-0.2, -0.15) is 0 Å². The number of benzene rings is 2. The molecule has 3 aromatic rings. The number of nitrogens with one attached hydrogen (secondary N) is 1. The number of halogens is 3. The number of thiazole rings is 1. The van der Waals surface area contributed by atoms with E-state index in [1.807, 2.05) is 29.6 Å². The number of carbonyl (C=O) groups excluding carboxylic acids is 1. The first-order chi connectivity index (χ1) is 13.0. The quantitative estimate of drug-likeness (QED) is 0.380. The average Bonchev–Trinajstić information content (AvgIpc) is 3.09. The highest BCUT2D eigenvalue weighted by molar-refractivity contribution is 9.10. The zero-order valence-corrected chi connectivity index (χ0v) is 18.0. The van der Waals surface area contributed by atoms with E-state index in [-0.39, 0.29) is 5.91 Å². The van der Waals surface area contributed by atoms with Crippen molar-refractivity contribution in [1.82, 2.24) is 4.98 Å². The molecular formula is C19H15BrCl2N2O2S. The van der Waals surface area contributed by atoms with Gasteiger partial charge in [-0.15, -0.1) is 11.3 Å². The zero-order valence-electron chi connectivity index (χ0n) is 14.0. The van der Waals surface area contributed by atoms with Crippen LogP contribution in [0.4, 0.5) is 5.13 Å². The molecule has 1 amide bonds. The summed E-state index contributed by atoms with van der Waals surface area (Å²) in [6.07, 6.45) is 0.897. The lowest BCUT2D eigenvalue weighted by Gasteiger charge is -2.08. The van der Waals surface area contributed by atoms with Crippen molar-refractivity contribution in [2.45, 2.75) is 12.8 Å². The van der Waals surface area contributed by atoms with Crippen LogP contribution in [0.5, 0.6) is 5.75 Å². The molecule has 0 bridgehead atoms. The predicted molar refractivity (Wildman–Crippen MR) is 115 cm³/mol. The number of aromatic nitrogens is 1. The van der Waals surface area contributed by atoms with E-state index in [0.717, 1.165) is 15.7 Å². The van der Waals surface area contributed by atoms with Crippen molar-refractivity contribution < 1.29 is 9.53 Å². The molecule has 0 saturated heterocycles. The monoisotopic (exact) mass is 484 g/mol. The van der Waals surface area contributed by atoms with E-state index < -0.39 is 0 Å². The number of anilines is 1. The molecule has 1 heterocycles. The second-order valence-corrected chi connectivity index (χ2v) is 8.24. The zero-order chi connectivity index (χ0) is 19.2. The maximum atomic E-state index is 12.1. The fourth-order valence-corrected chi connectivity index (χ4v) is 3.74. The van der Waals surface area contributed by atoms with Crippen molar-refractivity contribution >= 4 is 61.5 Å². The summed E-state index contributed by atoms with van der Waals surface area (Å²) in [5.41, 5.74) is 1.84. The van der Waals surface area contributed by atoms with Gasteiger partial charge >= 0.3 is 0 Å². The maximum Gasteiger partial charge on any atom is 0.226 e. The van der Waals surface area contributed by atoms with Gasteiger partial charge in [-0.25, -0.2) is 4.98 Å². The molecule has 0 atom stereocenters. The normalized spacial score (nSPS) is 10.6. The predicted octanol–water partition coefficient (Wildman–Crippen LogP) is 6.68. The Hall–Kier alpha value is -1.60. The molecule has 27 heavy (non-hydrogen) atoms. The number of nitrogens with zero attached hydrogens (tertiary/aromatic N) is 1. The highest BCUT2D eigenvalue weighted by Gasteiger charge is 2.09. The Morgan fingerprint density at radius 1 is 1.19 bits per heavy atom. The smallest absolute Gasteiger partial charge is 0.226 e. The summed E-state index contributed by atoms with van der Waals surface area (Å²) in [5.74, 6) is 0.457. The van der Waals surface area contributed by atoms with Gasteiger partial charge in [0.1, 0.15) is 5.75 Å². The molecule has 2 aromatic carbocycles. The van der Waals surface area contributed by atoms with Crippen molar-refractivity contribution in [2.24, 2.45) is 0 Å². The van der Waals surface area contributed by atoms with Crippen molar-refractivity contribution in [3.05, 3.63) is 62.4 Å². The van der Waals surface area contributed by atoms with Gasteiger partial charge in [-0.3, -0.25) is 4.79 Å². The Morgan fingerprint density at radius 2 is 1.96 bits per heavy atom. The lowest BCUT2D eigenvalue weighted by Crippen LogP contribution is -2.12. The van der Waals surface area contributed by atoms with Gasteiger partial charge in [0.25, 0.3) is 0 Å². The largest absolute Gasteiger partial charge is 0.492 e. The molecule has 1 N–H and O–H groups in total. The van der Waals surface area contributed by atoms with Gasteiger partial charge in [0, 0.05) is 26.9 Å². The van der Waals surface area contributed by atoms with Crippen molar-refractivity contribution in [1.29, 1.82) is 0 Å². The molecule has 0 aliphatic carbocycles. The van der Waals surface area contributed by atoms with E-state index in [4.69, 9.17) is 27.9 Å². The number of rotatable bonds is 7. The highest BCUT2D eigenvalue weighted by Crippen LogP contribution is 2.28. The van der Waals surface area contributed by atoms with E-state index in [1.165, 1.54) is 11.3 Å². The molecule has 8 heteroatoms. The van der Waals surface area contributed by atoms with Crippen LogP contribution >= 0.6 is 50.5 Å². The van der Waals surface area contributed by atoms with Crippen LogP contribution in [-0.2, 0) is 4.79 Å². The van der Waals surface area contributed by atoms with Crippen molar-refractivity contribution in [3.63, 3.8) is 0 Å². The lowest BCUT2D eigenvalue weighted by atomic mass is 10.2. The molecule has 3 rings (SSSR count). The Morgan fingerprint density at radius 3 is 2.70 bits per heavy atom. The van der Waals surface area contributed by atoms with Crippen LogP contribution in [0.25, 0.3) is 11.3 Å². The number of carbonyl (C=O) groups is 1. The Kier molecular flexibility index (Phi) is 7.13. The van der Waals surface area contributed by atoms with Crippen LogP contribution in [-0.4, -0.2) is 17.5 Å². The molecule has 0 unspecified atom stereocenters. The molecular weight excluding hydrogens is 471 g/mol. The van der Waals surface area contributed by atoms with E-state index >= 15 is 0 Å². The fraction of sp³-hybridized carbons (Fsp3) is 0.158. The minimum absolute atomic E-state index is 0.0995. The summed E-state index contributed by atoms with van der Waals surface area (Å²) < 4.78 is 6.59. The van der Waals surface area contributed by atoms with Crippen LogP contribution in [0.2, 0.25) is 10.0 Å². The number of hydrogen-bond donors (Lipinski definition) is 1. The minimum atomic E-state index is -0.0995. The van der Waals surface area contributed by atoms with Gasteiger partial charge in [-0.05, 0) is 36.8 Å². The van der Waals surface area contributed by atoms with Crippen molar-refractivity contribution in [3.8, 4) is 17.0 Å². The maximum absolute atomic E-state index is 12.1. The SMILES string of the molecule is O=C(CCCOc1ccc(Cl)cc1Cl)Nc1nc(-c2ccc(Br)cc2)cs1. The molecule has 0 saturated carbocycles. The minimum Gasteiger partial charge on any atom is -0.492 e. The van der Waals surface area contributed by atoms with E-state index in [1.54, 1.807) is 18.2 Å². The number of amides is 1. The van der Waals surface area contributed by atoms with Gasteiger partial charge in [0.2, 0.25) is 5.91 Å². The summed E-state index contributed by atoms with van der Waals surface area (Å²) in [6.45, 7) is 0.386.